The van der Waals surface area contributed by atoms with E-state index in [4.69, 9.17) is 5.73 Å². The van der Waals surface area contributed by atoms with E-state index < -0.39 is 7.05 Å². The highest BCUT2D eigenvalue weighted by Gasteiger charge is 2.22. The monoisotopic (exact) mass is 223 g/mol. The summed E-state index contributed by atoms with van der Waals surface area (Å²) in [5.74, 6) is 0. The maximum Gasteiger partial charge on any atom is 0.388 e. The predicted octanol–water partition coefficient (Wildman–Crippen LogP) is -0.283. The lowest BCUT2D eigenvalue weighted by Crippen LogP contribution is -2.50. The van der Waals surface area contributed by atoms with Gasteiger partial charge in [0.05, 0.1) is 17.9 Å². The van der Waals surface area contributed by atoms with Gasteiger partial charge < -0.3 is 10.8 Å². The standard InChI is InChI=1S/C9H18BN5O/c1-10(16)13-14-4-2-9(3-5-14)15-7-8(11)6-12-15/h6-7,9,13,16H,2-5,11H2,1H3. The molecule has 1 saturated heterocycles. The van der Waals surface area contributed by atoms with E-state index in [0.717, 1.165) is 25.9 Å². The maximum absolute atomic E-state index is 9.20. The van der Waals surface area contributed by atoms with E-state index in [0.29, 0.717) is 11.7 Å². The normalized spacial score (nSPS) is 18.9. The van der Waals surface area contributed by atoms with Gasteiger partial charge >= 0.3 is 7.05 Å². The minimum atomic E-state index is -0.489. The first-order chi connectivity index (χ1) is 7.65. The second-order valence-corrected chi connectivity index (χ2v) is 4.28. The molecular weight excluding hydrogens is 205 g/mol. The molecule has 0 aromatic carbocycles. The quantitative estimate of drug-likeness (QED) is 0.614. The second-order valence-electron chi connectivity index (χ2n) is 4.28. The summed E-state index contributed by atoms with van der Waals surface area (Å²) in [5.41, 5.74) is 6.35. The second kappa shape index (κ2) is 4.86. The summed E-state index contributed by atoms with van der Waals surface area (Å²) in [5, 5.41) is 18.5. The molecule has 0 radical (unpaired) electrons. The summed E-state index contributed by atoms with van der Waals surface area (Å²) in [6.07, 6.45) is 5.59. The van der Waals surface area contributed by atoms with Crippen molar-refractivity contribution < 1.29 is 5.02 Å². The fourth-order valence-corrected chi connectivity index (χ4v) is 2.08. The number of piperidine rings is 1. The molecule has 6 nitrogen and oxygen atoms in total. The Balaban J connectivity index is 1.85. The van der Waals surface area contributed by atoms with Crippen molar-refractivity contribution in [2.24, 2.45) is 0 Å². The van der Waals surface area contributed by atoms with Crippen LogP contribution >= 0.6 is 0 Å². The molecule has 88 valence electrons. The summed E-state index contributed by atoms with van der Waals surface area (Å²) >= 11 is 0. The fraction of sp³-hybridized carbons (Fsp3) is 0.667. The molecule has 0 atom stereocenters. The van der Waals surface area contributed by atoms with Crippen LogP contribution in [-0.2, 0) is 0 Å². The van der Waals surface area contributed by atoms with Gasteiger partial charge in [0.1, 0.15) is 0 Å². The number of hydrazine groups is 1. The van der Waals surface area contributed by atoms with Crippen molar-refractivity contribution in [2.75, 3.05) is 18.8 Å². The molecule has 0 saturated carbocycles. The summed E-state index contributed by atoms with van der Waals surface area (Å²) < 4.78 is 1.94. The first-order valence-electron chi connectivity index (χ1n) is 5.64. The van der Waals surface area contributed by atoms with Crippen LogP contribution in [0.15, 0.2) is 12.4 Å². The van der Waals surface area contributed by atoms with Crippen LogP contribution < -0.4 is 11.1 Å². The molecule has 2 rings (SSSR count). The summed E-state index contributed by atoms with van der Waals surface area (Å²) in [6.45, 7) is 3.55. The summed E-state index contributed by atoms with van der Waals surface area (Å²) in [4.78, 5) is 0. The average molecular weight is 223 g/mol. The lowest BCUT2D eigenvalue weighted by molar-refractivity contribution is 0.149. The average Bonchev–Trinajstić information content (AvgIpc) is 2.65. The van der Waals surface area contributed by atoms with Gasteiger partial charge in [0.15, 0.2) is 0 Å². The minimum Gasteiger partial charge on any atom is -0.437 e. The van der Waals surface area contributed by atoms with E-state index in [1.807, 2.05) is 15.9 Å². The van der Waals surface area contributed by atoms with Crippen LogP contribution in [0.2, 0.25) is 6.82 Å². The topological polar surface area (TPSA) is 79.3 Å². The van der Waals surface area contributed by atoms with Crippen LogP contribution in [0.1, 0.15) is 18.9 Å². The van der Waals surface area contributed by atoms with Crippen LogP contribution in [-0.4, -0.2) is 40.0 Å². The third kappa shape index (κ3) is 2.75. The number of nitrogens with zero attached hydrogens (tertiary/aromatic N) is 3. The van der Waals surface area contributed by atoms with Gasteiger partial charge in [-0.05, 0) is 19.7 Å². The molecule has 2 heterocycles. The Kier molecular flexibility index (Phi) is 3.47. The number of hydrogen-bond donors (Lipinski definition) is 3. The number of rotatable bonds is 3. The van der Waals surface area contributed by atoms with Crippen LogP contribution in [0.25, 0.3) is 0 Å². The van der Waals surface area contributed by atoms with Gasteiger partial charge in [-0.25, -0.2) is 0 Å². The molecule has 7 heteroatoms. The molecule has 1 aromatic heterocycles. The Morgan fingerprint density at radius 2 is 2.25 bits per heavy atom. The van der Waals surface area contributed by atoms with Crippen molar-refractivity contribution in [3.63, 3.8) is 0 Å². The van der Waals surface area contributed by atoms with E-state index in [1.165, 1.54) is 0 Å². The van der Waals surface area contributed by atoms with Gasteiger partial charge in [0, 0.05) is 19.3 Å². The van der Waals surface area contributed by atoms with E-state index in [-0.39, 0.29) is 0 Å². The van der Waals surface area contributed by atoms with Gasteiger partial charge in [-0.2, -0.15) is 5.10 Å². The van der Waals surface area contributed by atoms with Crippen molar-refractivity contribution >= 4 is 12.7 Å². The SMILES string of the molecule is CB(O)NN1CCC(n2cc(N)cn2)CC1. The van der Waals surface area contributed by atoms with Gasteiger partial charge in [0.25, 0.3) is 0 Å². The van der Waals surface area contributed by atoms with Crippen LogP contribution in [0.3, 0.4) is 0 Å². The van der Waals surface area contributed by atoms with Gasteiger partial charge in [-0.15, -0.1) is 0 Å². The van der Waals surface area contributed by atoms with Gasteiger partial charge in [0.2, 0.25) is 0 Å². The fourth-order valence-electron chi connectivity index (χ4n) is 2.08. The Morgan fingerprint density at radius 1 is 1.56 bits per heavy atom. The molecule has 1 aliphatic heterocycles. The molecule has 0 unspecified atom stereocenters. The number of hydrogen-bond acceptors (Lipinski definition) is 5. The Bertz CT molecular complexity index is 334. The van der Waals surface area contributed by atoms with Crippen LogP contribution in [0.4, 0.5) is 5.69 Å². The zero-order valence-corrected chi connectivity index (χ0v) is 9.50. The molecule has 0 bridgehead atoms. The molecule has 1 fully saturated rings. The molecule has 4 N–H and O–H groups in total. The lowest BCUT2D eigenvalue weighted by atomic mass is 9.90. The van der Waals surface area contributed by atoms with Crippen molar-refractivity contribution in [3.8, 4) is 0 Å². The first kappa shape index (κ1) is 11.4. The molecule has 16 heavy (non-hydrogen) atoms. The molecule has 1 aliphatic rings. The number of nitrogens with two attached hydrogens (primary N) is 1. The van der Waals surface area contributed by atoms with E-state index >= 15 is 0 Å². The van der Waals surface area contributed by atoms with Gasteiger partial charge in [-0.1, -0.05) is 0 Å². The van der Waals surface area contributed by atoms with E-state index in [2.05, 4.69) is 10.4 Å². The number of nitrogens with one attached hydrogen (secondary N) is 1. The van der Waals surface area contributed by atoms with Crippen molar-refractivity contribution in [3.05, 3.63) is 12.4 Å². The molecule has 0 spiro atoms. The Morgan fingerprint density at radius 3 is 2.75 bits per heavy atom. The van der Waals surface area contributed by atoms with Crippen molar-refractivity contribution in [1.29, 1.82) is 0 Å². The third-order valence-electron chi connectivity index (χ3n) is 2.83. The van der Waals surface area contributed by atoms with Gasteiger partial charge in [-0.3, -0.25) is 15.0 Å². The Hall–Kier alpha value is -1.05. The number of anilines is 1. The van der Waals surface area contributed by atoms with Crippen LogP contribution in [0.5, 0.6) is 0 Å². The lowest BCUT2D eigenvalue weighted by Gasteiger charge is -2.32. The molecule has 1 aromatic rings. The molecule has 0 aliphatic carbocycles. The highest BCUT2D eigenvalue weighted by Crippen LogP contribution is 2.21. The minimum absolute atomic E-state index is 0.421. The largest absolute Gasteiger partial charge is 0.437 e. The number of nitrogen functional groups attached to an aromatic ring is 1. The van der Waals surface area contributed by atoms with Crippen molar-refractivity contribution in [1.82, 2.24) is 20.1 Å². The molecule has 0 amide bonds. The third-order valence-corrected chi connectivity index (χ3v) is 2.83. The zero-order valence-electron chi connectivity index (χ0n) is 9.50. The highest BCUT2D eigenvalue weighted by molar-refractivity contribution is 6.45. The predicted molar refractivity (Wildman–Crippen MR) is 63.5 cm³/mol. The zero-order chi connectivity index (χ0) is 11.5. The Labute approximate surface area is 95.5 Å². The van der Waals surface area contributed by atoms with Crippen molar-refractivity contribution in [2.45, 2.75) is 25.7 Å². The summed E-state index contributed by atoms with van der Waals surface area (Å²) in [7, 11) is -0.489. The highest BCUT2D eigenvalue weighted by atomic mass is 16.2. The summed E-state index contributed by atoms with van der Waals surface area (Å²) in [6, 6.07) is 0.421. The maximum atomic E-state index is 9.20. The van der Waals surface area contributed by atoms with Crippen LogP contribution in [0, 0.1) is 0 Å². The van der Waals surface area contributed by atoms with E-state index in [9.17, 15) is 5.02 Å². The van der Waals surface area contributed by atoms with E-state index in [1.54, 1.807) is 13.0 Å². The number of aromatic nitrogens is 2. The smallest absolute Gasteiger partial charge is 0.388 e. The molecular formula is C9H18BN5O. The first-order valence-corrected chi connectivity index (χ1v) is 5.64.